The van der Waals surface area contributed by atoms with Gasteiger partial charge in [-0.3, -0.25) is 9.59 Å². The number of aryl methyl sites for hydroxylation is 4. The molecule has 0 atom stereocenters. The number of hydrogen-bond donors (Lipinski definition) is 0. The van der Waals surface area contributed by atoms with Gasteiger partial charge in [0.25, 0.3) is 0 Å². The molecule has 140 valence electrons. The molecule has 4 rings (SSSR count). The van der Waals surface area contributed by atoms with E-state index >= 15 is 0 Å². The molecular formula is C23H24O2S2. The molecule has 2 aromatic heterocycles. The fraction of sp³-hybridized carbons (Fsp3) is 0.391. The lowest BCUT2D eigenvalue weighted by atomic mass is 9.84. The molecule has 0 saturated carbocycles. The second-order valence-electron chi connectivity index (χ2n) is 7.52. The van der Waals surface area contributed by atoms with E-state index in [4.69, 9.17) is 0 Å². The van der Waals surface area contributed by atoms with Gasteiger partial charge in [0, 0.05) is 31.0 Å². The van der Waals surface area contributed by atoms with Crippen molar-refractivity contribution in [2.75, 3.05) is 0 Å². The van der Waals surface area contributed by atoms with E-state index < -0.39 is 0 Å². The van der Waals surface area contributed by atoms with E-state index in [1.54, 1.807) is 11.3 Å². The van der Waals surface area contributed by atoms with E-state index in [0.29, 0.717) is 21.6 Å². The second-order valence-corrected chi connectivity index (χ2v) is 9.97. The Morgan fingerprint density at radius 3 is 2.33 bits per heavy atom. The molecular weight excluding hydrogens is 372 g/mol. The molecule has 0 aliphatic heterocycles. The van der Waals surface area contributed by atoms with Crippen molar-refractivity contribution in [1.29, 1.82) is 0 Å². The van der Waals surface area contributed by atoms with Gasteiger partial charge in [-0.25, -0.2) is 0 Å². The van der Waals surface area contributed by atoms with Crippen LogP contribution in [-0.4, -0.2) is 11.6 Å². The highest BCUT2D eigenvalue weighted by Crippen LogP contribution is 2.44. The molecule has 1 aromatic carbocycles. The standard InChI is InChI=1S/C23H24O2S2/c1-5-6-7-8-9-15-11-17-16(10-12(15)2)20(24)19-18-13(3)26-14(4)22(18)27-23(19)21(17)25/h10-11H,5-9H2,1-4H3. The zero-order chi connectivity index (χ0) is 19.3. The van der Waals surface area contributed by atoms with E-state index in [9.17, 15) is 9.59 Å². The lowest BCUT2D eigenvalue weighted by Crippen LogP contribution is -2.20. The zero-order valence-corrected chi connectivity index (χ0v) is 18.0. The zero-order valence-electron chi connectivity index (χ0n) is 16.3. The highest BCUT2D eigenvalue weighted by Gasteiger charge is 2.35. The Labute approximate surface area is 168 Å². The van der Waals surface area contributed by atoms with Gasteiger partial charge in [-0.05, 0) is 56.9 Å². The first-order chi connectivity index (χ1) is 12.9. The summed E-state index contributed by atoms with van der Waals surface area (Å²) in [6.45, 7) is 8.39. The summed E-state index contributed by atoms with van der Waals surface area (Å²) < 4.78 is 1.11. The van der Waals surface area contributed by atoms with Crippen LogP contribution in [0.5, 0.6) is 0 Å². The summed E-state index contributed by atoms with van der Waals surface area (Å²) in [6.07, 6.45) is 5.78. The topological polar surface area (TPSA) is 34.1 Å². The number of benzene rings is 1. The maximum atomic E-state index is 13.3. The first-order valence-electron chi connectivity index (χ1n) is 9.69. The lowest BCUT2D eigenvalue weighted by molar-refractivity contribution is 0.0983. The summed E-state index contributed by atoms with van der Waals surface area (Å²) in [5.41, 5.74) is 4.17. The van der Waals surface area contributed by atoms with Gasteiger partial charge in [0.05, 0.1) is 10.4 Å². The molecule has 0 radical (unpaired) electrons. The summed E-state index contributed by atoms with van der Waals surface area (Å²) in [6, 6.07) is 3.94. The molecule has 0 N–H and O–H groups in total. The van der Waals surface area contributed by atoms with Gasteiger partial charge < -0.3 is 0 Å². The van der Waals surface area contributed by atoms with Gasteiger partial charge >= 0.3 is 0 Å². The van der Waals surface area contributed by atoms with Crippen LogP contribution in [-0.2, 0) is 6.42 Å². The Bertz CT molecular complexity index is 1080. The Morgan fingerprint density at radius 1 is 0.852 bits per heavy atom. The third-order valence-corrected chi connectivity index (χ3v) is 8.04. The predicted octanol–water partition coefficient (Wildman–Crippen LogP) is 6.79. The van der Waals surface area contributed by atoms with Gasteiger partial charge in [-0.1, -0.05) is 26.2 Å². The highest BCUT2D eigenvalue weighted by molar-refractivity contribution is 7.26. The average molecular weight is 397 g/mol. The van der Waals surface area contributed by atoms with Crippen molar-refractivity contribution in [2.45, 2.75) is 59.8 Å². The van der Waals surface area contributed by atoms with Crippen LogP contribution in [0.15, 0.2) is 12.1 Å². The van der Waals surface area contributed by atoms with Crippen molar-refractivity contribution >= 4 is 44.3 Å². The van der Waals surface area contributed by atoms with Crippen molar-refractivity contribution < 1.29 is 9.59 Å². The SMILES string of the molecule is CCCCCCc1cc2c(cc1C)C(=O)c1c(sc3c(C)sc(C)c13)C2=O. The van der Waals surface area contributed by atoms with Crippen LogP contribution < -0.4 is 0 Å². The molecule has 0 spiro atoms. The maximum Gasteiger partial charge on any atom is 0.204 e. The Balaban J connectivity index is 1.79. The third kappa shape index (κ3) is 2.90. The van der Waals surface area contributed by atoms with Gasteiger partial charge in [0.1, 0.15) is 0 Å². The number of carbonyl (C=O) groups excluding carboxylic acids is 2. The number of hydrogen-bond acceptors (Lipinski definition) is 4. The summed E-state index contributed by atoms with van der Waals surface area (Å²) in [4.78, 5) is 29.5. The van der Waals surface area contributed by atoms with E-state index in [2.05, 4.69) is 20.8 Å². The van der Waals surface area contributed by atoms with Gasteiger partial charge in [0.15, 0.2) is 5.78 Å². The highest BCUT2D eigenvalue weighted by atomic mass is 32.1. The van der Waals surface area contributed by atoms with Crippen LogP contribution in [0.25, 0.3) is 10.1 Å². The number of thiophene rings is 2. The van der Waals surface area contributed by atoms with E-state index in [1.807, 2.05) is 19.1 Å². The lowest BCUT2D eigenvalue weighted by Gasteiger charge is -2.18. The van der Waals surface area contributed by atoms with Crippen LogP contribution in [0.4, 0.5) is 0 Å². The van der Waals surface area contributed by atoms with E-state index in [-0.39, 0.29) is 11.6 Å². The first kappa shape index (κ1) is 18.6. The minimum absolute atomic E-state index is 0.0207. The summed E-state index contributed by atoms with van der Waals surface area (Å²) in [5.74, 6) is 0.0480. The Hall–Kier alpha value is -1.78. The molecule has 1 aliphatic carbocycles. The van der Waals surface area contributed by atoms with Crippen LogP contribution in [0.3, 0.4) is 0 Å². The first-order valence-corrected chi connectivity index (χ1v) is 11.3. The summed E-state index contributed by atoms with van der Waals surface area (Å²) in [7, 11) is 0. The molecule has 1 aliphatic rings. The summed E-state index contributed by atoms with van der Waals surface area (Å²) >= 11 is 3.21. The van der Waals surface area contributed by atoms with Crippen molar-refractivity contribution in [1.82, 2.24) is 0 Å². The quantitative estimate of drug-likeness (QED) is 0.348. The van der Waals surface area contributed by atoms with Gasteiger partial charge in [-0.2, -0.15) is 0 Å². The fourth-order valence-electron chi connectivity index (χ4n) is 4.12. The molecule has 0 saturated heterocycles. The van der Waals surface area contributed by atoms with Crippen molar-refractivity contribution in [3.05, 3.63) is 54.6 Å². The number of unbranched alkanes of at least 4 members (excludes halogenated alkanes) is 3. The molecule has 0 fully saturated rings. The van der Waals surface area contributed by atoms with E-state index in [0.717, 1.165) is 33.4 Å². The van der Waals surface area contributed by atoms with Gasteiger partial charge in [-0.15, -0.1) is 22.7 Å². The van der Waals surface area contributed by atoms with Crippen molar-refractivity contribution in [3.8, 4) is 0 Å². The summed E-state index contributed by atoms with van der Waals surface area (Å²) in [5, 5.41) is 1.00. The Kier molecular flexibility index (Phi) is 4.81. The molecule has 4 heteroatoms. The average Bonchev–Trinajstić information content (AvgIpc) is 3.16. The number of ketones is 2. The molecule has 2 heterocycles. The molecule has 27 heavy (non-hydrogen) atoms. The number of rotatable bonds is 5. The van der Waals surface area contributed by atoms with Crippen LogP contribution in [0.1, 0.15) is 84.6 Å². The van der Waals surface area contributed by atoms with Crippen molar-refractivity contribution in [3.63, 3.8) is 0 Å². The van der Waals surface area contributed by atoms with E-state index in [1.165, 1.54) is 41.0 Å². The number of fused-ring (bicyclic) bond motifs is 4. The van der Waals surface area contributed by atoms with Crippen LogP contribution in [0.2, 0.25) is 0 Å². The Morgan fingerprint density at radius 2 is 1.59 bits per heavy atom. The predicted molar refractivity (Wildman–Crippen MR) is 115 cm³/mol. The van der Waals surface area contributed by atoms with Gasteiger partial charge in [0.2, 0.25) is 5.78 Å². The minimum atomic E-state index is 0.0207. The number of carbonyl (C=O) groups is 2. The normalized spacial score (nSPS) is 13.3. The smallest absolute Gasteiger partial charge is 0.204 e. The van der Waals surface area contributed by atoms with Crippen molar-refractivity contribution in [2.24, 2.45) is 0 Å². The minimum Gasteiger partial charge on any atom is -0.289 e. The molecule has 0 amide bonds. The third-order valence-electron chi connectivity index (χ3n) is 5.58. The molecule has 2 nitrogen and oxygen atoms in total. The largest absolute Gasteiger partial charge is 0.289 e. The van der Waals surface area contributed by atoms with Crippen LogP contribution >= 0.6 is 22.7 Å². The molecule has 3 aromatic rings. The van der Waals surface area contributed by atoms with Crippen LogP contribution in [0, 0.1) is 20.8 Å². The molecule has 0 unspecified atom stereocenters. The second kappa shape index (κ2) is 6.99. The fourth-order valence-corrected chi connectivity index (χ4v) is 6.59. The molecule has 0 bridgehead atoms. The maximum absolute atomic E-state index is 13.3. The monoisotopic (exact) mass is 396 g/mol.